The van der Waals surface area contributed by atoms with Crippen molar-refractivity contribution in [2.45, 2.75) is 5.16 Å². The first-order chi connectivity index (χ1) is 13.2. The van der Waals surface area contributed by atoms with Crippen molar-refractivity contribution in [2.24, 2.45) is 7.05 Å². The number of para-hydroxylation sites is 2. The third kappa shape index (κ3) is 3.18. The Morgan fingerprint density at radius 3 is 2.89 bits per heavy atom. The molecule has 0 aliphatic heterocycles. The molecule has 0 amide bonds. The third-order valence-corrected chi connectivity index (χ3v) is 4.97. The van der Waals surface area contributed by atoms with Gasteiger partial charge in [0.25, 0.3) is 0 Å². The zero-order valence-corrected chi connectivity index (χ0v) is 15.1. The second-order valence-corrected chi connectivity index (χ2v) is 6.61. The fourth-order valence-corrected chi connectivity index (χ4v) is 3.38. The topological polar surface area (TPSA) is 117 Å². The van der Waals surface area contributed by atoms with Crippen LogP contribution >= 0.6 is 11.8 Å². The average molecular weight is 378 g/mol. The van der Waals surface area contributed by atoms with Crippen molar-refractivity contribution in [1.29, 1.82) is 5.26 Å². The number of nitrogens with zero attached hydrogens (tertiary/aromatic N) is 5. The number of H-pyrrole nitrogens is 1. The number of rotatable bonds is 5. The van der Waals surface area contributed by atoms with E-state index < -0.39 is 0 Å². The third-order valence-electron chi connectivity index (χ3n) is 3.94. The minimum Gasteiger partial charge on any atom is -0.510 e. The number of aromatic amines is 1. The first-order valence-electron chi connectivity index (χ1n) is 8.00. The predicted octanol–water partition coefficient (Wildman–Crippen LogP) is 3.54. The van der Waals surface area contributed by atoms with Crippen molar-refractivity contribution >= 4 is 28.4 Å². The van der Waals surface area contributed by atoms with Gasteiger partial charge in [-0.2, -0.15) is 5.26 Å². The van der Waals surface area contributed by atoms with Crippen molar-refractivity contribution in [1.82, 2.24) is 24.7 Å². The maximum atomic E-state index is 10.4. The number of furan rings is 1. The molecule has 8 nitrogen and oxygen atoms in total. The highest BCUT2D eigenvalue weighted by Crippen LogP contribution is 2.26. The van der Waals surface area contributed by atoms with Gasteiger partial charge in [0, 0.05) is 7.05 Å². The molecule has 1 aromatic carbocycles. The van der Waals surface area contributed by atoms with E-state index in [4.69, 9.17) is 4.42 Å². The quantitative estimate of drug-likeness (QED) is 0.310. The van der Waals surface area contributed by atoms with Crippen LogP contribution in [0.25, 0.3) is 28.2 Å². The maximum Gasteiger partial charge on any atom is 0.200 e. The number of fused-ring (bicyclic) bond motifs is 1. The number of allylic oxidation sites excluding steroid dienone is 1. The van der Waals surface area contributed by atoms with Crippen LogP contribution < -0.4 is 0 Å². The molecule has 3 heterocycles. The van der Waals surface area contributed by atoms with Crippen LogP contribution in [0.2, 0.25) is 0 Å². The van der Waals surface area contributed by atoms with E-state index in [0.717, 1.165) is 11.0 Å². The van der Waals surface area contributed by atoms with Gasteiger partial charge in [-0.15, -0.1) is 10.2 Å². The van der Waals surface area contributed by atoms with Gasteiger partial charge in [0.05, 0.1) is 23.0 Å². The van der Waals surface area contributed by atoms with Gasteiger partial charge in [-0.1, -0.05) is 23.9 Å². The predicted molar refractivity (Wildman–Crippen MR) is 101 cm³/mol. The van der Waals surface area contributed by atoms with E-state index in [1.807, 2.05) is 37.4 Å². The van der Waals surface area contributed by atoms with E-state index in [1.54, 1.807) is 23.0 Å². The summed E-state index contributed by atoms with van der Waals surface area (Å²) in [5.41, 5.74) is 1.64. The summed E-state index contributed by atoms with van der Waals surface area (Å²) in [6.07, 6.45) is 1.57. The summed E-state index contributed by atoms with van der Waals surface area (Å²) in [4.78, 5) is 7.42. The molecule has 134 valence electrons. The lowest BCUT2D eigenvalue weighted by Crippen LogP contribution is -1.98. The van der Waals surface area contributed by atoms with Crippen LogP contribution in [0.15, 0.2) is 58.0 Å². The van der Waals surface area contributed by atoms with Gasteiger partial charge < -0.3 is 19.1 Å². The van der Waals surface area contributed by atoms with Gasteiger partial charge >= 0.3 is 0 Å². The molecule has 3 aromatic heterocycles. The van der Waals surface area contributed by atoms with Crippen molar-refractivity contribution in [3.8, 4) is 17.7 Å². The summed E-state index contributed by atoms with van der Waals surface area (Å²) in [5.74, 6) is 1.61. The summed E-state index contributed by atoms with van der Waals surface area (Å²) in [7, 11) is 1.81. The second-order valence-electron chi connectivity index (χ2n) is 5.67. The molecule has 0 aliphatic rings. The second kappa shape index (κ2) is 7.01. The molecule has 2 N–H and O–H groups in total. The summed E-state index contributed by atoms with van der Waals surface area (Å²) in [5, 5.41) is 28.7. The fraction of sp³-hybridized carbons (Fsp3) is 0.111. The lowest BCUT2D eigenvalue weighted by molar-refractivity contribution is 0.420. The molecule has 9 heteroatoms. The maximum absolute atomic E-state index is 10.4. The average Bonchev–Trinajstić information content (AvgIpc) is 3.40. The molecule has 0 bridgehead atoms. The van der Waals surface area contributed by atoms with Crippen molar-refractivity contribution in [2.75, 3.05) is 5.75 Å². The van der Waals surface area contributed by atoms with E-state index in [1.165, 1.54) is 11.8 Å². The number of hydrogen-bond acceptors (Lipinski definition) is 7. The minimum absolute atomic E-state index is 0.0795. The summed E-state index contributed by atoms with van der Waals surface area (Å²) in [6.45, 7) is 0. The number of aromatic nitrogens is 5. The Bertz CT molecular complexity index is 1130. The number of hydrogen-bond donors (Lipinski definition) is 2. The van der Waals surface area contributed by atoms with Gasteiger partial charge in [0.1, 0.15) is 17.4 Å². The Labute approximate surface area is 158 Å². The van der Waals surface area contributed by atoms with Crippen LogP contribution in [0.1, 0.15) is 5.82 Å². The zero-order valence-electron chi connectivity index (χ0n) is 14.2. The lowest BCUT2D eigenvalue weighted by atomic mass is 10.2. The van der Waals surface area contributed by atoms with Crippen molar-refractivity contribution in [3.63, 3.8) is 0 Å². The normalized spacial score (nSPS) is 12.1. The molecule has 4 rings (SSSR count). The number of benzene rings is 1. The van der Waals surface area contributed by atoms with E-state index in [9.17, 15) is 10.4 Å². The van der Waals surface area contributed by atoms with Crippen LogP contribution in [0.4, 0.5) is 0 Å². The number of aliphatic hydroxyl groups is 1. The molecule has 0 fully saturated rings. The van der Waals surface area contributed by atoms with Gasteiger partial charge in [0.2, 0.25) is 0 Å². The summed E-state index contributed by atoms with van der Waals surface area (Å²) in [6, 6.07) is 13.0. The van der Waals surface area contributed by atoms with Crippen molar-refractivity contribution < 1.29 is 9.52 Å². The fourth-order valence-electron chi connectivity index (χ4n) is 2.59. The Kier molecular flexibility index (Phi) is 4.40. The molecule has 0 unspecified atom stereocenters. The molecule has 0 spiro atoms. The molecule has 0 atom stereocenters. The molecule has 0 aliphatic carbocycles. The number of thioether (sulfide) groups is 1. The monoisotopic (exact) mass is 378 g/mol. The van der Waals surface area contributed by atoms with Crippen LogP contribution in [-0.2, 0) is 7.05 Å². The van der Waals surface area contributed by atoms with Gasteiger partial charge in [0.15, 0.2) is 22.6 Å². The smallest absolute Gasteiger partial charge is 0.200 e. The number of nitrogens with one attached hydrogen (secondary N) is 1. The lowest BCUT2D eigenvalue weighted by Gasteiger charge is -2.03. The first kappa shape index (κ1) is 16.9. The SMILES string of the molecule is Cn1c(SCC(O)=C(C#N)c2nc3ccccc3[nH]2)nnc1-c1ccco1. The highest BCUT2D eigenvalue weighted by molar-refractivity contribution is 7.99. The molecule has 4 aromatic rings. The first-order valence-corrected chi connectivity index (χ1v) is 8.99. The molecule has 27 heavy (non-hydrogen) atoms. The standard InChI is InChI=1S/C18H14N6O2S/c1-24-17(15-7-4-8-26-15)22-23-18(24)27-10-14(25)11(9-19)16-20-12-5-2-3-6-13(12)21-16/h2-8,25H,10H2,1H3,(H,20,21). The molecular weight excluding hydrogens is 364 g/mol. The highest BCUT2D eigenvalue weighted by Gasteiger charge is 2.17. The van der Waals surface area contributed by atoms with Crippen LogP contribution in [0.5, 0.6) is 0 Å². The Hall–Kier alpha value is -3.51. The van der Waals surface area contributed by atoms with E-state index >= 15 is 0 Å². The number of nitriles is 1. The molecule has 0 radical (unpaired) electrons. The van der Waals surface area contributed by atoms with E-state index in [0.29, 0.717) is 22.6 Å². The van der Waals surface area contributed by atoms with Gasteiger partial charge in [-0.05, 0) is 24.3 Å². The molecular formula is C18H14N6O2S. The Morgan fingerprint density at radius 1 is 1.30 bits per heavy atom. The van der Waals surface area contributed by atoms with E-state index in [-0.39, 0.29) is 17.1 Å². The zero-order chi connectivity index (χ0) is 18.8. The van der Waals surface area contributed by atoms with Crippen molar-refractivity contribution in [3.05, 3.63) is 54.2 Å². The number of imidazole rings is 1. The number of aliphatic hydroxyl groups excluding tert-OH is 1. The van der Waals surface area contributed by atoms with Crippen LogP contribution in [0.3, 0.4) is 0 Å². The minimum atomic E-state index is -0.0795. The largest absolute Gasteiger partial charge is 0.510 e. The van der Waals surface area contributed by atoms with E-state index in [2.05, 4.69) is 20.2 Å². The Morgan fingerprint density at radius 2 is 2.15 bits per heavy atom. The summed E-state index contributed by atoms with van der Waals surface area (Å²) >= 11 is 1.27. The van der Waals surface area contributed by atoms with Gasteiger partial charge in [-0.25, -0.2) is 4.98 Å². The van der Waals surface area contributed by atoms with Crippen LogP contribution in [0, 0.1) is 11.3 Å². The molecule has 0 saturated carbocycles. The molecule has 0 saturated heterocycles. The Balaban J connectivity index is 1.57. The van der Waals surface area contributed by atoms with Crippen LogP contribution in [-0.4, -0.2) is 35.6 Å². The van der Waals surface area contributed by atoms with Gasteiger partial charge in [-0.3, -0.25) is 0 Å². The highest BCUT2D eigenvalue weighted by atomic mass is 32.2. The summed E-state index contributed by atoms with van der Waals surface area (Å²) < 4.78 is 7.10.